The zero-order valence-corrected chi connectivity index (χ0v) is 13.3. The molecule has 0 aliphatic heterocycles. The van der Waals surface area contributed by atoms with Gasteiger partial charge in [0.05, 0.1) is 17.8 Å². The third kappa shape index (κ3) is 2.87. The molecule has 1 aromatic heterocycles. The third-order valence-corrected chi connectivity index (χ3v) is 3.72. The lowest BCUT2D eigenvalue weighted by molar-refractivity contribution is 0.155. The van der Waals surface area contributed by atoms with Crippen LogP contribution >= 0.6 is 0 Å². The second kappa shape index (κ2) is 6.20. The molecule has 0 fully saturated rings. The largest absolute Gasteiger partial charge is 0.508 e. The van der Waals surface area contributed by atoms with E-state index in [9.17, 15) is 24.9 Å². The van der Waals surface area contributed by atoms with Gasteiger partial charge in [0.1, 0.15) is 5.75 Å². The van der Waals surface area contributed by atoms with E-state index < -0.39 is 11.8 Å². The van der Waals surface area contributed by atoms with Crippen LogP contribution in [-0.2, 0) is 4.74 Å². The Morgan fingerprint density at radius 2 is 1.80 bits per heavy atom. The van der Waals surface area contributed by atoms with Crippen LogP contribution in [0.25, 0.3) is 22.2 Å². The molecular formula is C18H15NO6. The predicted octanol–water partition coefficient (Wildman–Crippen LogP) is 2.79. The Bertz CT molecular complexity index is 1040. The first-order valence-corrected chi connectivity index (χ1v) is 7.50. The first-order valence-electron chi connectivity index (χ1n) is 7.50. The zero-order chi connectivity index (χ0) is 18.1. The average Bonchev–Trinajstić information content (AvgIpc) is 2.57. The van der Waals surface area contributed by atoms with Gasteiger partial charge in [0.2, 0.25) is 0 Å². The zero-order valence-electron chi connectivity index (χ0n) is 13.3. The molecule has 0 spiro atoms. The van der Waals surface area contributed by atoms with Crippen molar-refractivity contribution < 1.29 is 24.9 Å². The molecule has 25 heavy (non-hydrogen) atoms. The number of phenols is 3. The Labute approximate surface area is 142 Å². The Balaban J connectivity index is 2.40. The molecule has 0 saturated carbocycles. The fourth-order valence-electron chi connectivity index (χ4n) is 2.59. The highest BCUT2D eigenvalue weighted by atomic mass is 16.5. The number of phenolic OH excluding ortho intramolecular Hbond substituents is 3. The number of ether oxygens (including phenoxy) is 1. The van der Waals surface area contributed by atoms with Gasteiger partial charge in [0.15, 0.2) is 16.9 Å². The van der Waals surface area contributed by atoms with Crippen LogP contribution in [-0.4, -0.2) is 32.6 Å². The monoisotopic (exact) mass is 341 g/mol. The van der Waals surface area contributed by atoms with Crippen molar-refractivity contribution in [1.29, 1.82) is 0 Å². The molecule has 7 nitrogen and oxygen atoms in total. The molecule has 0 radical (unpaired) electrons. The van der Waals surface area contributed by atoms with Crippen molar-refractivity contribution in [3.63, 3.8) is 0 Å². The van der Waals surface area contributed by atoms with Crippen LogP contribution in [0.4, 0.5) is 4.79 Å². The molecule has 0 atom stereocenters. The molecule has 128 valence electrons. The molecule has 2 aromatic carbocycles. The van der Waals surface area contributed by atoms with Gasteiger partial charge in [0.25, 0.3) is 0 Å². The van der Waals surface area contributed by atoms with Crippen LogP contribution in [0.1, 0.15) is 6.92 Å². The summed E-state index contributed by atoms with van der Waals surface area (Å²) in [6, 6.07) is 9.23. The van der Waals surface area contributed by atoms with Crippen molar-refractivity contribution in [2.75, 3.05) is 6.61 Å². The van der Waals surface area contributed by atoms with E-state index in [0.29, 0.717) is 5.56 Å². The van der Waals surface area contributed by atoms with Gasteiger partial charge in [-0.25, -0.2) is 9.36 Å². The van der Waals surface area contributed by atoms with Gasteiger partial charge in [-0.05, 0) is 37.3 Å². The Morgan fingerprint density at radius 3 is 2.48 bits per heavy atom. The van der Waals surface area contributed by atoms with Crippen LogP contribution in [0, 0.1) is 0 Å². The van der Waals surface area contributed by atoms with E-state index in [1.165, 1.54) is 42.5 Å². The van der Waals surface area contributed by atoms with Gasteiger partial charge in [-0.2, -0.15) is 0 Å². The topological polar surface area (TPSA) is 109 Å². The summed E-state index contributed by atoms with van der Waals surface area (Å²) in [7, 11) is 0. The summed E-state index contributed by atoms with van der Waals surface area (Å²) in [6.07, 6.45) is -0.735. The summed E-state index contributed by atoms with van der Waals surface area (Å²) in [4.78, 5) is 24.9. The number of hydrogen-bond acceptors (Lipinski definition) is 6. The van der Waals surface area contributed by atoms with E-state index in [4.69, 9.17) is 4.74 Å². The fraction of sp³-hybridized carbons (Fsp3) is 0.111. The first kappa shape index (κ1) is 16.4. The molecule has 7 heteroatoms. The molecule has 0 aliphatic rings. The van der Waals surface area contributed by atoms with E-state index in [0.717, 1.165) is 4.57 Å². The lowest BCUT2D eigenvalue weighted by Gasteiger charge is -2.16. The quantitative estimate of drug-likeness (QED) is 0.619. The summed E-state index contributed by atoms with van der Waals surface area (Å²) in [5.74, 6) is -0.834. The van der Waals surface area contributed by atoms with Gasteiger partial charge in [-0.1, -0.05) is 0 Å². The smallest absolute Gasteiger partial charge is 0.418 e. The van der Waals surface area contributed by atoms with Crippen molar-refractivity contribution in [2.24, 2.45) is 0 Å². The number of rotatable bonds is 2. The first-order chi connectivity index (χ1) is 11.9. The maximum Gasteiger partial charge on any atom is 0.418 e. The standard InChI is InChI=1S/C18H15NO6/c1-2-25-18(24)19-13(10-3-6-15(21)17(23)7-10)9-16(22)12-5-4-11(20)8-14(12)19/h3-9,20-21,23H,2H2,1H3. The molecular weight excluding hydrogens is 326 g/mol. The summed E-state index contributed by atoms with van der Waals surface area (Å²) in [5.41, 5.74) is 0.300. The summed E-state index contributed by atoms with van der Waals surface area (Å²) in [6.45, 7) is 1.76. The van der Waals surface area contributed by atoms with E-state index in [1.807, 2.05) is 0 Å². The van der Waals surface area contributed by atoms with Crippen LogP contribution in [0.5, 0.6) is 17.2 Å². The van der Waals surface area contributed by atoms with E-state index in [-0.39, 0.29) is 40.1 Å². The molecule has 0 unspecified atom stereocenters. The summed E-state index contributed by atoms with van der Waals surface area (Å²) in [5, 5.41) is 29.2. The van der Waals surface area contributed by atoms with Crippen molar-refractivity contribution in [3.05, 3.63) is 52.7 Å². The van der Waals surface area contributed by atoms with Gasteiger partial charge in [-0.3, -0.25) is 4.79 Å². The molecule has 0 bridgehead atoms. The number of benzene rings is 2. The highest BCUT2D eigenvalue weighted by Crippen LogP contribution is 2.32. The maximum absolute atomic E-state index is 12.5. The second-order valence-corrected chi connectivity index (χ2v) is 5.33. The SMILES string of the molecule is CCOC(=O)n1c(-c2ccc(O)c(O)c2)cc(=O)c2ccc(O)cc21. The molecule has 0 aliphatic carbocycles. The molecule has 3 N–H and O–H groups in total. The number of carbonyl (C=O) groups is 1. The van der Waals surface area contributed by atoms with Gasteiger partial charge >= 0.3 is 6.09 Å². The number of carbonyl (C=O) groups excluding carboxylic acids is 1. The molecule has 3 rings (SSSR count). The highest BCUT2D eigenvalue weighted by Gasteiger charge is 2.18. The van der Waals surface area contributed by atoms with Gasteiger partial charge in [0, 0.05) is 23.1 Å². The highest BCUT2D eigenvalue weighted by molar-refractivity contribution is 5.93. The van der Waals surface area contributed by atoms with Crippen molar-refractivity contribution in [1.82, 2.24) is 4.57 Å². The van der Waals surface area contributed by atoms with Crippen molar-refractivity contribution >= 4 is 17.0 Å². The Kier molecular flexibility index (Phi) is 4.06. The maximum atomic E-state index is 12.5. The predicted molar refractivity (Wildman–Crippen MR) is 91.1 cm³/mol. The van der Waals surface area contributed by atoms with Crippen molar-refractivity contribution in [3.8, 4) is 28.5 Å². The van der Waals surface area contributed by atoms with Gasteiger partial charge < -0.3 is 20.1 Å². The number of nitrogens with zero attached hydrogens (tertiary/aromatic N) is 1. The molecule has 3 aromatic rings. The van der Waals surface area contributed by atoms with Crippen LogP contribution in [0.3, 0.4) is 0 Å². The lowest BCUT2D eigenvalue weighted by atomic mass is 10.1. The number of fused-ring (bicyclic) bond motifs is 1. The number of aromatic nitrogens is 1. The average molecular weight is 341 g/mol. The minimum absolute atomic E-state index is 0.115. The van der Waals surface area contributed by atoms with E-state index in [2.05, 4.69) is 0 Å². The lowest BCUT2D eigenvalue weighted by Crippen LogP contribution is -2.20. The van der Waals surface area contributed by atoms with E-state index >= 15 is 0 Å². The number of aromatic hydroxyl groups is 3. The van der Waals surface area contributed by atoms with Crippen LogP contribution < -0.4 is 5.43 Å². The normalized spacial score (nSPS) is 10.8. The summed E-state index contributed by atoms with van der Waals surface area (Å²) < 4.78 is 6.20. The third-order valence-electron chi connectivity index (χ3n) is 3.72. The van der Waals surface area contributed by atoms with Gasteiger partial charge in [-0.15, -0.1) is 0 Å². The minimum Gasteiger partial charge on any atom is -0.508 e. The molecule has 0 saturated heterocycles. The second-order valence-electron chi connectivity index (χ2n) is 5.33. The van der Waals surface area contributed by atoms with E-state index in [1.54, 1.807) is 6.92 Å². The molecule has 1 heterocycles. The number of hydrogen-bond donors (Lipinski definition) is 3. The summed E-state index contributed by atoms with van der Waals surface area (Å²) >= 11 is 0. The Hall–Kier alpha value is -3.48. The molecule has 0 amide bonds. The van der Waals surface area contributed by atoms with Crippen molar-refractivity contribution in [2.45, 2.75) is 6.92 Å². The van der Waals surface area contributed by atoms with Crippen LogP contribution in [0.15, 0.2) is 47.3 Å². The van der Waals surface area contributed by atoms with Crippen LogP contribution in [0.2, 0.25) is 0 Å². The Morgan fingerprint density at radius 1 is 1.04 bits per heavy atom. The minimum atomic E-state index is -0.735. The number of pyridine rings is 1. The fourth-order valence-corrected chi connectivity index (χ4v) is 2.59.